The van der Waals surface area contributed by atoms with Crippen molar-refractivity contribution in [1.29, 1.82) is 0 Å². The summed E-state index contributed by atoms with van der Waals surface area (Å²) in [4.78, 5) is 0. The van der Waals surface area contributed by atoms with Crippen LogP contribution in [0, 0.1) is 22.7 Å². The Morgan fingerprint density at radius 1 is 1.22 bits per heavy atom. The maximum absolute atomic E-state index is 11.7. The van der Waals surface area contributed by atoms with Gasteiger partial charge in [-0.3, -0.25) is 0 Å². The van der Waals surface area contributed by atoms with Crippen LogP contribution < -0.4 is 0 Å². The highest BCUT2D eigenvalue weighted by Crippen LogP contribution is 2.63. The Balaban J connectivity index is 2.33. The third-order valence-electron chi connectivity index (χ3n) is 7.36. The van der Waals surface area contributed by atoms with E-state index in [1.165, 1.54) is 19.3 Å². The topological polar surface area (TPSA) is 60.7 Å². The summed E-state index contributed by atoms with van der Waals surface area (Å²) in [5.74, 6) is 0.800. The van der Waals surface area contributed by atoms with Gasteiger partial charge in [0.1, 0.15) is 0 Å². The van der Waals surface area contributed by atoms with Crippen molar-refractivity contribution in [3.05, 3.63) is 11.6 Å². The van der Waals surface area contributed by atoms with Gasteiger partial charge in [0.2, 0.25) is 0 Å². The molecule has 0 aliphatic heterocycles. The van der Waals surface area contributed by atoms with Crippen molar-refractivity contribution in [3.8, 4) is 0 Å². The molecule has 3 nitrogen and oxygen atoms in total. The largest absolute Gasteiger partial charge is 0.393 e. The molecule has 2 saturated carbocycles. The summed E-state index contributed by atoms with van der Waals surface area (Å²) in [5, 5.41) is 30.6. The summed E-state index contributed by atoms with van der Waals surface area (Å²) in [5.41, 5.74) is 0.232. The Bertz CT molecular complexity index is 456. The van der Waals surface area contributed by atoms with Crippen LogP contribution in [0.2, 0.25) is 0 Å². The van der Waals surface area contributed by atoms with Crippen molar-refractivity contribution < 1.29 is 15.3 Å². The third kappa shape index (κ3) is 3.12. The van der Waals surface area contributed by atoms with Gasteiger partial charge in [-0.2, -0.15) is 0 Å². The molecule has 0 heterocycles. The Labute approximate surface area is 141 Å². The Kier molecular flexibility index (Phi) is 5.35. The maximum Gasteiger partial charge on any atom is 0.0978 e. The second kappa shape index (κ2) is 6.50. The van der Waals surface area contributed by atoms with Gasteiger partial charge in [0.05, 0.1) is 18.3 Å². The van der Waals surface area contributed by atoms with Crippen molar-refractivity contribution in [2.24, 2.45) is 22.7 Å². The fourth-order valence-corrected chi connectivity index (χ4v) is 5.60. The molecular formula is C20H36O3. The molecule has 134 valence electrons. The monoisotopic (exact) mass is 324 g/mol. The molecule has 3 heteroatoms. The van der Waals surface area contributed by atoms with Gasteiger partial charge in [-0.05, 0) is 61.9 Å². The third-order valence-corrected chi connectivity index (χ3v) is 7.36. The van der Waals surface area contributed by atoms with Crippen molar-refractivity contribution in [2.45, 2.75) is 84.8 Å². The molecule has 2 aliphatic rings. The predicted octanol–water partition coefficient (Wildman–Crippen LogP) is 3.67. The lowest BCUT2D eigenvalue weighted by Crippen LogP contribution is -2.62. The van der Waals surface area contributed by atoms with Gasteiger partial charge in [0.15, 0.2) is 0 Å². The van der Waals surface area contributed by atoms with Gasteiger partial charge < -0.3 is 15.3 Å². The van der Waals surface area contributed by atoms with Crippen LogP contribution in [0.1, 0.15) is 73.1 Å². The van der Waals surface area contributed by atoms with E-state index < -0.39 is 11.7 Å². The van der Waals surface area contributed by atoms with Gasteiger partial charge in [0, 0.05) is 5.41 Å². The molecule has 3 N–H and O–H groups in total. The summed E-state index contributed by atoms with van der Waals surface area (Å²) < 4.78 is 0. The van der Waals surface area contributed by atoms with Crippen LogP contribution in [0.4, 0.5) is 0 Å². The fourth-order valence-electron chi connectivity index (χ4n) is 5.60. The lowest BCUT2D eigenvalue weighted by atomic mass is 9.44. The lowest BCUT2D eigenvalue weighted by molar-refractivity contribution is -0.207. The summed E-state index contributed by atoms with van der Waals surface area (Å²) in [7, 11) is 0. The lowest BCUT2D eigenvalue weighted by Gasteiger charge is -2.63. The molecule has 0 radical (unpaired) electrons. The van der Waals surface area contributed by atoms with Gasteiger partial charge in [0.25, 0.3) is 0 Å². The first kappa shape index (κ1) is 19.0. The quantitative estimate of drug-likeness (QED) is 0.692. The molecule has 0 aromatic heterocycles. The zero-order chi connectivity index (χ0) is 17.5. The highest BCUT2D eigenvalue weighted by Gasteiger charge is 2.60. The number of hydrogen-bond donors (Lipinski definition) is 3. The summed E-state index contributed by atoms with van der Waals surface area (Å²) >= 11 is 0. The van der Waals surface area contributed by atoms with Gasteiger partial charge in [-0.1, -0.05) is 40.2 Å². The van der Waals surface area contributed by atoms with E-state index in [0.717, 1.165) is 18.4 Å². The van der Waals surface area contributed by atoms with E-state index in [4.69, 9.17) is 5.11 Å². The van der Waals surface area contributed by atoms with E-state index in [0.29, 0.717) is 12.3 Å². The van der Waals surface area contributed by atoms with E-state index in [-0.39, 0.29) is 23.4 Å². The van der Waals surface area contributed by atoms with Gasteiger partial charge >= 0.3 is 0 Å². The molecule has 0 spiro atoms. The average Bonchev–Trinajstić information content (AvgIpc) is 2.48. The number of aliphatic hydroxyl groups excluding tert-OH is 2. The smallest absolute Gasteiger partial charge is 0.0978 e. The highest BCUT2D eigenvalue weighted by atomic mass is 16.3. The average molecular weight is 325 g/mol. The molecule has 2 aliphatic carbocycles. The minimum absolute atomic E-state index is 0.0760. The minimum atomic E-state index is -0.816. The molecule has 0 amide bonds. The molecule has 5 atom stereocenters. The molecule has 0 aromatic carbocycles. The summed E-state index contributed by atoms with van der Waals surface area (Å²) in [6.45, 7) is 10.8. The van der Waals surface area contributed by atoms with Crippen molar-refractivity contribution in [3.63, 3.8) is 0 Å². The highest BCUT2D eigenvalue weighted by molar-refractivity contribution is 5.15. The first-order valence-electron chi connectivity index (χ1n) is 9.26. The van der Waals surface area contributed by atoms with Crippen molar-refractivity contribution in [1.82, 2.24) is 0 Å². The van der Waals surface area contributed by atoms with Crippen LogP contribution in [-0.4, -0.2) is 33.6 Å². The molecule has 0 saturated heterocycles. The normalized spacial score (nSPS) is 42.2. The first-order valence-corrected chi connectivity index (χ1v) is 9.26. The van der Waals surface area contributed by atoms with E-state index in [1.807, 2.05) is 13.0 Å². The zero-order valence-corrected chi connectivity index (χ0v) is 15.6. The maximum atomic E-state index is 11.7. The number of fused-ring (bicyclic) bond motifs is 1. The van der Waals surface area contributed by atoms with Gasteiger partial charge in [-0.25, -0.2) is 0 Å². The fraction of sp³-hybridized carbons (Fsp3) is 0.900. The molecule has 0 aromatic rings. The second-order valence-electron chi connectivity index (χ2n) is 9.07. The van der Waals surface area contributed by atoms with Crippen molar-refractivity contribution in [2.75, 3.05) is 6.61 Å². The minimum Gasteiger partial charge on any atom is -0.393 e. The number of rotatable bonds is 4. The SMILES string of the molecule is C/C(=C\C[C@@]1(O)[C@@H](C)CC[C@H]2C(C)(C)CCC[C@@]21C)[C@@H](O)CO. The molecular weight excluding hydrogens is 288 g/mol. The van der Waals surface area contributed by atoms with E-state index in [9.17, 15) is 10.2 Å². The molecule has 23 heavy (non-hydrogen) atoms. The van der Waals surface area contributed by atoms with Crippen LogP contribution in [-0.2, 0) is 0 Å². The standard InChI is InChI=1S/C20H36O3/c1-14(16(22)13-21)9-12-20(23)15(2)7-8-17-18(3,4)10-6-11-19(17,20)5/h9,15-17,21-23H,6-8,10-13H2,1-5H3/b14-9+/t15-,16-,17-,19-,20+/m0/s1. The Morgan fingerprint density at radius 3 is 2.48 bits per heavy atom. The van der Waals surface area contributed by atoms with E-state index in [1.54, 1.807) is 0 Å². The van der Waals surface area contributed by atoms with Crippen LogP contribution >= 0.6 is 0 Å². The predicted molar refractivity (Wildman–Crippen MR) is 94.0 cm³/mol. The molecule has 2 fully saturated rings. The Hall–Kier alpha value is -0.380. The Morgan fingerprint density at radius 2 is 1.87 bits per heavy atom. The molecule has 0 bridgehead atoms. The van der Waals surface area contributed by atoms with E-state index in [2.05, 4.69) is 27.7 Å². The van der Waals surface area contributed by atoms with Crippen LogP contribution in [0.25, 0.3) is 0 Å². The van der Waals surface area contributed by atoms with Crippen LogP contribution in [0.15, 0.2) is 11.6 Å². The number of aliphatic hydroxyl groups is 3. The van der Waals surface area contributed by atoms with Crippen LogP contribution in [0.5, 0.6) is 0 Å². The summed E-state index contributed by atoms with van der Waals surface area (Å²) in [6.07, 6.45) is 7.48. The summed E-state index contributed by atoms with van der Waals surface area (Å²) in [6, 6.07) is 0. The van der Waals surface area contributed by atoms with Gasteiger partial charge in [-0.15, -0.1) is 0 Å². The second-order valence-corrected chi connectivity index (χ2v) is 9.07. The van der Waals surface area contributed by atoms with Crippen LogP contribution in [0.3, 0.4) is 0 Å². The first-order chi connectivity index (χ1) is 10.6. The number of hydrogen-bond acceptors (Lipinski definition) is 3. The van der Waals surface area contributed by atoms with E-state index >= 15 is 0 Å². The zero-order valence-electron chi connectivity index (χ0n) is 15.6. The molecule has 0 unspecified atom stereocenters. The molecule has 2 rings (SSSR count). The van der Waals surface area contributed by atoms with Crippen molar-refractivity contribution >= 4 is 0 Å².